The number of aryl methyl sites for hydroxylation is 1. The van der Waals surface area contributed by atoms with Gasteiger partial charge in [0.15, 0.2) is 0 Å². The van der Waals surface area contributed by atoms with Crippen LogP contribution in [0.1, 0.15) is 19.4 Å². The van der Waals surface area contributed by atoms with Gasteiger partial charge in [-0.05, 0) is 38.5 Å². The van der Waals surface area contributed by atoms with Crippen LogP contribution in [-0.4, -0.2) is 18.6 Å². The summed E-state index contributed by atoms with van der Waals surface area (Å²) in [5.74, 6) is -0.220. The third kappa shape index (κ3) is 2.97. The third-order valence-corrected chi connectivity index (χ3v) is 2.76. The van der Waals surface area contributed by atoms with Crippen molar-refractivity contribution >= 4 is 23.2 Å². The normalized spacial score (nSPS) is 11.3. The number of anilines is 1. The predicted octanol–water partition coefficient (Wildman–Crippen LogP) is 3.01. The van der Waals surface area contributed by atoms with Crippen molar-refractivity contribution in [1.82, 2.24) is 0 Å². The van der Waals surface area contributed by atoms with Crippen molar-refractivity contribution in [2.75, 3.05) is 12.4 Å². The lowest BCUT2D eigenvalue weighted by molar-refractivity contribution is -0.133. The van der Waals surface area contributed by atoms with Crippen LogP contribution in [0.4, 0.5) is 5.69 Å². The Morgan fingerprint density at radius 1 is 1.44 bits per heavy atom. The van der Waals surface area contributed by atoms with Gasteiger partial charge in [0.05, 0.1) is 10.7 Å². The second-order valence-electron chi connectivity index (χ2n) is 4.15. The van der Waals surface area contributed by atoms with Gasteiger partial charge in [0.2, 0.25) is 0 Å². The first kappa shape index (κ1) is 13.0. The number of carbonyl (C=O) groups excluding carboxylic acids is 1. The van der Waals surface area contributed by atoms with E-state index in [0.717, 1.165) is 5.56 Å². The molecule has 1 aromatic rings. The molecule has 0 aliphatic rings. The first-order valence-corrected chi connectivity index (χ1v) is 5.37. The fourth-order valence-corrected chi connectivity index (χ4v) is 1.27. The maximum atomic E-state index is 11.8. The quantitative estimate of drug-likeness (QED) is 0.884. The number of ether oxygens (including phenoxy) is 1. The molecule has 88 valence electrons. The average molecular weight is 242 g/mol. The second kappa shape index (κ2) is 4.85. The Morgan fingerprint density at radius 3 is 2.62 bits per heavy atom. The second-order valence-corrected chi connectivity index (χ2v) is 4.56. The van der Waals surface area contributed by atoms with E-state index in [0.29, 0.717) is 10.7 Å². The average Bonchev–Trinajstić information content (AvgIpc) is 2.23. The Hall–Kier alpha value is -1.06. The van der Waals surface area contributed by atoms with Crippen LogP contribution in [-0.2, 0) is 9.53 Å². The number of hydrogen-bond donors (Lipinski definition) is 1. The molecule has 0 saturated heterocycles. The molecule has 0 radical (unpaired) electrons. The zero-order valence-electron chi connectivity index (χ0n) is 9.93. The first-order valence-electron chi connectivity index (χ1n) is 4.99. The molecule has 0 fully saturated rings. The van der Waals surface area contributed by atoms with Crippen LogP contribution < -0.4 is 5.32 Å². The number of carbonyl (C=O) groups is 1. The molecule has 4 heteroatoms. The van der Waals surface area contributed by atoms with Crippen LogP contribution in [0.3, 0.4) is 0 Å². The molecule has 3 nitrogen and oxygen atoms in total. The number of amides is 1. The lowest BCUT2D eigenvalue weighted by Crippen LogP contribution is -2.38. The molecular weight excluding hydrogens is 226 g/mol. The van der Waals surface area contributed by atoms with E-state index in [4.69, 9.17) is 16.3 Å². The van der Waals surface area contributed by atoms with Crippen LogP contribution in [0.5, 0.6) is 0 Å². The van der Waals surface area contributed by atoms with Gasteiger partial charge in [-0.3, -0.25) is 4.79 Å². The molecule has 1 amide bonds. The van der Waals surface area contributed by atoms with E-state index in [-0.39, 0.29) is 5.91 Å². The molecular formula is C12H16ClNO2. The van der Waals surface area contributed by atoms with Crippen LogP contribution >= 0.6 is 11.6 Å². The van der Waals surface area contributed by atoms with Gasteiger partial charge in [0.1, 0.15) is 5.60 Å². The molecule has 0 unspecified atom stereocenters. The van der Waals surface area contributed by atoms with Crippen molar-refractivity contribution in [1.29, 1.82) is 0 Å². The fraction of sp³-hybridized carbons (Fsp3) is 0.417. The van der Waals surface area contributed by atoms with Crippen LogP contribution in [0.15, 0.2) is 18.2 Å². The van der Waals surface area contributed by atoms with E-state index < -0.39 is 5.60 Å². The SMILES string of the molecule is COC(C)(C)C(=O)Nc1cc(C)ccc1Cl. The van der Waals surface area contributed by atoms with Crippen LogP contribution in [0, 0.1) is 6.92 Å². The smallest absolute Gasteiger partial charge is 0.256 e. The van der Waals surface area contributed by atoms with Gasteiger partial charge in [0.25, 0.3) is 5.91 Å². The highest BCUT2D eigenvalue weighted by molar-refractivity contribution is 6.33. The molecule has 1 aromatic carbocycles. The van der Waals surface area contributed by atoms with Gasteiger partial charge < -0.3 is 10.1 Å². The molecule has 0 saturated carbocycles. The zero-order chi connectivity index (χ0) is 12.3. The largest absolute Gasteiger partial charge is 0.369 e. The van der Waals surface area contributed by atoms with Crippen molar-refractivity contribution in [3.63, 3.8) is 0 Å². The lowest BCUT2D eigenvalue weighted by Gasteiger charge is -2.22. The fourth-order valence-electron chi connectivity index (χ4n) is 1.10. The van der Waals surface area contributed by atoms with Gasteiger partial charge >= 0.3 is 0 Å². The Kier molecular flexibility index (Phi) is 3.94. The predicted molar refractivity (Wildman–Crippen MR) is 65.9 cm³/mol. The number of methoxy groups -OCH3 is 1. The number of benzene rings is 1. The van der Waals surface area contributed by atoms with E-state index in [1.165, 1.54) is 7.11 Å². The number of hydrogen-bond acceptors (Lipinski definition) is 2. The molecule has 0 aromatic heterocycles. The minimum absolute atomic E-state index is 0.220. The highest BCUT2D eigenvalue weighted by atomic mass is 35.5. The summed E-state index contributed by atoms with van der Waals surface area (Å²) in [5.41, 5.74) is 0.777. The topological polar surface area (TPSA) is 38.3 Å². The van der Waals surface area contributed by atoms with Crippen LogP contribution in [0.2, 0.25) is 5.02 Å². The summed E-state index contributed by atoms with van der Waals surface area (Å²) in [7, 11) is 1.50. The first-order chi connectivity index (χ1) is 7.36. The molecule has 1 rings (SSSR count). The monoisotopic (exact) mass is 241 g/mol. The van der Waals surface area contributed by atoms with E-state index in [2.05, 4.69) is 5.32 Å². The molecule has 0 heterocycles. The summed E-state index contributed by atoms with van der Waals surface area (Å²) in [4.78, 5) is 11.8. The maximum absolute atomic E-state index is 11.8. The maximum Gasteiger partial charge on any atom is 0.256 e. The van der Waals surface area contributed by atoms with Crippen molar-refractivity contribution < 1.29 is 9.53 Å². The Bertz CT molecular complexity index is 402. The van der Waals surface area contributed by atoms with Gasteiger partial charge in [-0.2, -0.15) is 0 Å². The lowest BCUT2D eigenvalue weighted by atomic mass is 10.1. The molecule has 0 bridgehead atoms. The van der Waals surface area contributed by atoms with E-state index >= 15 is 0 Å². The molecule has 1 N–H and O–H groups in total. The highest BCUT2D eigenvalue weighted by Gasteiger charge is 2.27. The van der Waals surface area contributed by atoms with Gasteiger partial charge in [-0.25, -0.2) is 0 Å². The summed E-state index contributed by atoms with van der Waals surface area (Å²) in [6.45, 7) is 5.34. The number of halogens is 1. The van der Waals surface area contributed by atoms with Crippen molar-refractivity contribution in [3.8, 4) is 0 Å². The summed E-state index contributed by atoms with van der Waals surface area (Å²) in [5, 5.41) is 3.27. The van der Waals surface area contributed by atoms with E-state index in [9.17, 15) is 4.79 Å². The van der Waals surface area contributed by atoms with Crippen LogP contribution in [0.25, 0.3) is 0 Å². The van der Waals surface area contributed by atoms with Crippen molar-refractivity contribution in [2.24, 2.45) is 0 Å². The van der Waals surface area contributed by atoms with Gasteiger partial charge in [-0.1, -0.05) is 17.7 Å². The van der Waals surface area contributed by atoms with Crippen molar-refractivity contribution in [3.05, 3.63) is 28.8 Å². The van der Waals surface area contributed by atoms with Gasteiger partial charge in [-0.15, -0.1) is 0 Å². The summed E-state index contributed by atoms with van der Waals surface area (Å²) in [6.07, 6.45) is 0. The summed E-state index contributed by atoms with van der Waals surface area (Å²) < 4.78 is 5.09. The Balaban J connectivity index is 2.89. The van der Waals surface area contributed by atoms with E-state index in [1.54, 1.807) is 19.9 Å². The van der Waals surface area contributed by atoms with Crippen molar-refractivity contribution in [2.45, 2.75) is 26.4 Å². The third-order valence-electron chi connectivity index (χ3n) is 2.43. The molecule has 0 aliphatic carbocycles. The van der Waals surface area contributed by atoms with Gasteiger partial charge in [0, 0.05) is 7.11 Å². The minimum atomic E-state index is -0.868. The minimum Gasteiger partial charge on any atom is -0.369 e. The Morgan fingerprint density at radius 2 is 2.06 bits per heavy atom. The number of nitrogens with one attached hydrogen (secondary N) is 1. The highest BCUT2D eigenvalue weighted by Crippen LogP contribution is 2.24. The summed E-state index contributed by atoms with van der Waals surface area (Å²) in [6, 6.07) is 5.47. The molecule has 0 aliphatic heterocycles. The standard InChI is InChI=1S/C12H16ClNO2/c1-8-5-6-9(13)10(7-8)14-11(15)12(2,3)16-4/h5-7H,1-4H3,(H,14,15). The Labute approximate surface area is 101 Å². The summed E-state index contributed by atoms with van der Waals surface area (Å²) >= 11 is 5.98. The van der Waals surface area contributed by atoms with E-state index in [1.807, 2.05) is 19.1 Å². The molecule has 0 spiro atoms. The molecule has 0 atom stereocenters. The zero-order valence-corrected chi connectivity index (χ0v) is 10.7. The molecule has 16 heavy (non-hydrogen) atoms. The number of rotatable bonds is 3.